The number of hydrogen-bond donors (Lipinski definition) is 1. The number of amides is 1. The molecule has 1 saturated carbocycles. The molecule has 0 bridgehead atoms. The van der Waals surface area contributed by atoms with Crippen LogP contribution in [0, 0.1) is 29.4 Å². The van der Waals surface area contributed by atoms with Gasteiger partial charge in [0.05, 0.1) is 17.6 Å². The largest absolute Gasteiger partial charge is 0.378 e. The van der Waals surface area contributed by atoms with Crippen LogP contribution < -0.4 is 5.32 Å². The smallest absolute Gasteiger partial charge is 0.312 e. The zero-order valence-corrected chi connectivity index (χ0v) is 15.0. The standard InChI is InChI=1S/C16H26N4O4/c1-6-24-13-9-12(16(13,4)5)17-14(21)7-8-19-11(3)15(20(22)23)10(2)18-19/h12-13H,6-9H2,1-5H3,(H,17,21)/t12-,13-/m1/s1. The van der Waals surface area contributed by atoms with Crippen LogP contribution in [-0.4, -0.2) is 39.4 Å². The molecule has 0 unspecified atom stereocenters. The monoisotopic (exact) mass is 338 g/mol. The Morgan fingerprint density at radius 2 is 2.17 bits per heavy atom. The van der Waals surface area contributed by atoms with E-state index >= 15 is 0 Å². The molecule has 24 heavy (non-hydrogen) atoms. The Balaban J connectivity index is 1.89. The lowest BCUT2D eigenvalue weighted by molar-refractivity contribution is -0.386. The molecule has 0 spiro atoms. The molecular formula is C16H26N4O4. The summed E-state index contributed by atoms with van der Waals surface area (Å²) in [5.74, 6) is -0.0711. The normalized spacial score (nSPS) is 22.0. The molecule has 1 aromatic heterocycles. The number of rotatable bonds is 7. The zero-order chi connectivity index (χ0) is 18.1. The van der Waals surface area contributed by atoms with E-state index < -0.39 is 4.92 Å². The van der Waals surface area contributed by atoms with E-state index in [2.05, 4.69) is 24.3 Å². The van der Waals surface area contributed by atoms with Gasteiger partial charge in [0.1, 0.15) is 11.4 Å². The van der Waals surface area contributed by atoms with E-state index in [0.717, 1.165) is 6.42 Å². The average Bonchev–Trinajstić information content (AvgIpc) is 2.78. The molecule has 0 radical (unpaired) electrons. The predicted molar refractivity (Wildman–Crippen MR) is 88.7 cm³/mol. The average molecular weight is 338 g/mol. The number of nitrogens with zero attached hydrogens (tertiary/aromatic N) is 3. The molecule has 0 aliphatic heterocycles. The maximum absolute atomic E-state index is 12.2. The Morgan fingerprint density at radius 3 is 2.67 bits per heavy atom. The number of carbonyl (C=O) groups is 1. The second-order valence-corrected chi connectivity index (χ2v) is 6.87. The molecule has 2 rings (SSSR count). The van der Waals surface area contributed by atoms with E-state index in [4.69, 9.17) is 4.74 Å². The first kappa shape index (κ1) is 18.4. The first-order valence-corrected chi connectivity index (χ1v) is 8.27. The Kier molecular flexibility index (Phi) is 5.27. The molecule has 8 heteroatoms. The van der Waals surface area contributed by atoms with Crippen LogP contribution in [0.2, 0.25) is 0 Å². The van der Waals surface area contributed by atoms with Crippen molar-refractivity contribution < 1.29 is 14.5 Å². The van der Waals surface area contributed by atoms with Gasteiger partial charge in [-0.3, -0.25) is 19.6 Å². The quantitative estimate of drug-likeness (QED) is 0.606. The summed E-state index contributed by atoms with van der Waals surface area (Å²) >= 11 is 0. The number of ether oxygens (including phenoxy) is 1. The van der Waals surface area contributed by atoms with Crippen molar-refractivity contribution in [3.63, 3.8) is 0 Å². The molecule has 0 saturated heterocycles. The van der Waals surface area contributed by atoms with Gasteiger partial charge in [-0.15, -0.1) is 0 Å². The van der Waals surface area contributed by atoms with Crippen LogP contribution in [-0.2, 0) is 16.1 Å². The van der Waals surface area contributed by atoms with Gasteiger partial charge in [-0.05, 0) is 27.2 Å². The van der Waals surface area contributed by atoms with E-state index in [1.807, 2.05) is 6.92 Å². The third kappa shape index (κ3) is 3.43. The summed E-state index contributed by atoms with van der Waals surface area (Å²) in [4.78, 5) is 22.8. The zero-order valence-electron chi connectivity index (χ0n) is 15.0. The Hall–Kier alpha value is -1.96. The molecule has 2 atom stereocenters. The molecule has 1 fully saturated rings. The van der Waals surface area contributed by atoms with Crippen LogP contribution in [0.25, 0.3) is 0 Å². The van der Waals surface area contributed by atoms with E-state index in [9.17, 15) is 14.9 Å². The molecule has 1 aliphatic carbocycles. The van der Waals surface area contributed by atoms with Crippen molar-refractivity contribution in [2.24, 2.45) is 5.41 Å². The first-order chi connectivity index (χ1) is 11.2. The molecule has 0 aromatic carbocycles. The highest BCUT2D eigenvalue weighted by molar-refractivity contribution is 5.76. The van der Waals surface area contributed by atoms with Crippen LogP contribution in [0.5, 0.6) is 0 Å². The molecule has 1 aliphatic rings. The van der Waals surface area contributed by atoms with Gasteiger partial charge in [0, 0.05) is 24.5 Å². The SMILES string of the molecule is CCO[C@@H]1C[C@@H](NC(=O)CCn2nc(C)c([N+](=O)[O-])c2C)C1(C)C. The molecule has 1 aromatic rings. The van der Waals surface area contributed by atoms with Crippen molar-refractivity contribution in [2.75, 3.05) is 6.61 Å². The summed E-state index contributed by atoms with van der Waals surface area (Å²) in [7, 11) is 0. The van der Waals surface area contributed by atoms with E-state index in [1.54, 1.807) is 13.8 Å². The van der Waals surface area contributed by atoms with Gasteiger partial charge >= 0.3 is 5.69 Å². The van der Waals surface area contributed by atoms with E-state index in [1.165, 1.54) is 4.68 Å². The van der Waals surface area contributed by atoms with Crippen LogP contribution in [0.3, 0.4) is 0 Å². The van der Waals surface area contributed by atoms with Gasteiger partial charge in [0.2, 0.25) is 5.91 Å². The maximum Gasteiger partial charge on any atom is 0.312 e. The first-order valence-electron chi connectivity index (χ1n) is 8.27. The van der Waals surface area contributed by atoms with Gasteiger partial charge in [0.25, 0.3) is 0 Å². The van der Waals surface area contributed by atoms with Crippen LogP contribution >= 0.6 is 0 Å². The van der Waals surface area contributed by atoms with Crippen molar-refractivity contribution in [1.82, 2.24) is 15.1 Å². The van der Waals surface area contributed by atoms with E-state index in [0.29, 0.717) is 24.5 Å². The van der Waals surface area contributed by atoms with Crippen LogP contribution in [0.15, 0.2) is 0 Å². The highest BCUT2D eigenvalue weighted by Crippen LogP contribution is 2.42. The summed E-state index contributed by atoms with van der Waals surface area (Å²) in [6, 6.07) is 0.0938. The summed E-state index contributed by atoms with van der Waals surface area (Å²) in [6.45, 7) is 10.4. The third-order valence-corrected chi connectivity index (χ3v) is 4.96. The lowest BCUT2D eigenvalue weighted by Gasteiger charge is -2.51. The maximum atomic E-state index is 12.2. The number of aryl methyl sites for hydroxylation is 2. The highest BCUT2D eigenvalue weighted by atomic mass is 16.6. The molecule has 1 amide bonds. The van der Waals surface area contributed by atoms with Gasteiger partial charge in [0.15, 0.2) is 0 Å². The van der Waals surface area contributed by atoms with Crippen molar-refractivity contribution in [1.29, 1.82) is 0 Å². The van der Waals surface area contributed by atoms with E-state index in [-0.39, 0.29) is 35.6 Å². The summed E-state index contributed by atoms with van der Waals surface area (Å²) in [5.41, 5.74) is 0.793. The number of nitro groups is 1. The lowest BCUT2D eigenvalue weighted by atomic mass is 9.64. The summed E-state index contributed by atoms with van der Waals surface area (Å²) in [6.07, 6.45) is 1.23. The minimum atomic E-state index is -0.432. The fraction of sp³-hybridized carbons (Fsp3) is 0.750. The number of carbonyl (C=O) groups excluding carboxylic acids is 1. The molecule has 1 heterocycles. The molecule has 1 N–H and O–H groups in total. The fourth-order valence-corrected chi connectivity index (χ4v) is 3.26. The van der Waals surface area contributed by atoms with Gasteiger partial charge < -0.3 is 10.1 Å². The van der Waals surface area contributed by atoms with Gasteiger partial charge in [-0.25, -0.2) is 0 Å². The third-order valence-electron chi connectivity index (χ3n) is 4.96. The Bertz CT molecular complexity index is 638. The minimum absolute atomic E-state index is 0.0232. The van der Waals surface area contributed by atoms with Crippen molar-refractivity contribution >= 4 is 11.6 Å². The fourth-order valence-electron chi connectivity index (χ4n) is 3.26. The second kappa shape index (κ2) is 6.88. The summed E-state index contributed by atoms with van der Waals surface area (Å²) < 4.78 is 7.19. The Labute approximate surface area is 141 Å². The number of nitrogens with one attached hydrogen (secondary N) is 1. The second-order valence-electron chi connectivity index (χ2n) is 6.87. The minimum Gasteiger partial charge on any atom is -0.378 e. The number of hydrogen-bond acceptors (Lipinski definition) is 5. The molecule has 134 valence electrons. The van der Waals surface area contributed by atoms with Gasteiger partial charge in [-0.1, -0.05) is 13.8 Å². The Morgan fingerprint density at radius 1 is 1.50 bits per heavy atom. The van der Waals surface area contributed by atoms with Crippen molar-refractivity contribution in [2.45, 2.75) is 66.2 Å². The highest BCUT2D eigenvalue weighted by Gasteiger charge is 2.49. The molecule has 8 nitrogen and oxygen atoms in total. The van der Waals surface area contributed by atoms with Crippen LogP contribution in [0.1, 0.15) is 45.0 Å². The van der Waals surface area contributed by atoms with Crippen molar-refractivity contribution in [3.8, 4) is 0 Å². The predicted octanol–water partition coefficient (Wildman–Crippen LogP) is 2.12. The topological polar surface area (TPSA) is 99.3 Å². The summed E-state index contributed by atoms with van der Waals surface area (Å²) in [5, 5.41) is 18.2. The van der Waals surface area contributed by atoms with Crippen LogP contribution in [0.4, 0.5) is 5.69 Å². The number of aromatic nitrogens is 2. The molecular weight excluding hydrogens is 312 g/mol. The van der Waals surface area contributed by atoms with Crippen molar-refractivity contribution in [3.05, 3.63) is 21.5 Å². The van der Waals surface area contributed by atoms with Gasteiger partial charge in [-0.2, -0.15) is 5.10 Å². The lowest BCUT2D eigenvalue weighted by Crippen LogP contribution is -2.62.